The second-order valence-corrected chi connectivity index (χ2v) is 5.96. The Bertz CT molecular complexity index is 596. The molecule has 7 heteroatoms. The molecular formula is C15H22N6O. The SMILES string of the molecule is Cc1cnc(OCC2CCCN(Cc3nncn3C)C2)nc1. The molecule has 7 nitrogen and oxygen atoms in total. The lowest BCUT2D eigenvalue weighted by molar-refractivity contribution is 0.118. The van der Waals surface area contributed by atoms with Crippen LogP contribution in [0.1, 0.15) is 24.2 Å². The van der Waals surface area contributed by atoms with Crippen LogP contribution in [0.3, 0.4) is 0 Å². The first kappa shape index (κ1) is 14.9. The Morgan fingerprint density at radius 1 is 1.32 bits per heavy atom. The fraction of sp³-hybridized carbons (Fsp3) is 0.600. The van der Waals surface area contributed by atoms with E-state index < -0.39 is 0 Å². The molecule has 118 valence electrons. The first-order valence-corrected chi connectivity index (χ1v) is 7.67. The number of likely N-dealkylation sites (tertiary alicyclic amines) is 1. The van der Waals surface area contributed by atoms with Crippen molar-refractivity contribution in [3.63, 3.8) is 0 Å². The fourth-order valence-corrected chi connectivity index (χ4v) is 2.73. The molecule has 22 heavy (non-hydrogen) atoms. The van der Waals surface area contributed by atoms with Gasteiger partial charge in [0.2, 0.25) is 0 Å². The molecule has 2 aromatic heterocycles. The molecule has 1 aliphatic heterocycles. The van der Waals surface area contributed by atoms with Crippen LogP contribution in [-0.2, 0) is 13.6 Å². The number of aryl methyl sites for hydroxylation is 2. The first-order valence-electron chi connectivity index (χ1n) is 7.67. The lowest BCUT2D eigenvalue weighted by Crippen LogP contribution is -2.37. The highest BCUT2D eigenvalue weighted by Crippen LogP contribution is 2.18. The van der Waals surface area contributed by atoms with Gasteiger partial charge in [-0.15, -0.1) is 10.2 Å². The lowest BCUT2D eigenvalue weighted by Gasteiger charge is -2.31. The third-order valence-electron chi connectivity index (χ3n) is 3.98. The number of ether oxygens (including phenoxy) is 1. The Morgan fingerprint density at radius 3 is 2.86 bits per heavy atom. The highest BCUT2D eigenvalue weighted by Gasteiger charge is 2.22. The summed E-state index contributed by atoms with van der Waals surface area (Å²) in [4.78, 5) is 10.8. The van der Waals surface area contributed by atoms with Crippen LogP contribution >= 0.6 is 0 Å². The van der Waals surface area contributed by atoms with Crippen LogP contribution in [0.2, 0.25) is 0 Å². The summed E-state index contributed by atoms with van der Waals surface area (Å²) in [5.41, 5.74) is 1.04. The summed E-state index contributed by atoms with van der Waals surface area (Å²) in [5, 5.41) is 8.09. The monoisotopic (exact) mass is 302 g/mol. The summed E-state index contributed by atoms with van der Waals surface area (Å²) in [5.74, 6) is 1.51. The molecule has 0 aromatic carbocycles. The average Bonchev–Trinajstić information content (AvgIpc) is 2.92. The summed E-state index contributed by atoms with van der Waals surface area (Å²) < 4.78 is 7.70. The minimum Gasteiger partial charge on any atom is -0.463 e. The van der Waals surface area contributed by atoms with E-state index in [1.165, 1.54) is 12.8 Å². The molecule has 0 aliphatic carbocycles. The second kappa shape index (κ2) is 6.83. The number of hydrogen-bond acceptors (Lipinski definition) is 6. The van der Waals surface area contributed by atoms with E-state index in [-0.39, 0.29) is 0 Å². The van der Waals surface area contributed by atoms with Gasteiger partial charge < -0.3 is 9.30 Å². The Morgan fingerprint density at radius 2 is 2.14 bits per heavy atom. The number of nitrogens with zero attached hydrogens (tertiary/aromatic N) is 6. The molecule has 1 unspecified atom stereocenters. The minimum absolute atomic E-state index is 0.469. The molecule has 0 bridgehead atoms. The van der Waals surface area contributed by atoms with Crippen molar-refractivity contribution < 1.29 is 4.74 Å². The highest BCUT2D eigenvalue weighted by molar-refractivity contribution is 5.04. The summed E-state index contributed by atoms with van der Waals surface area (Å²) >= 11 is 0. The third-order valence-corrected chi connectivity index (χ3v) is 3.98. The molecule has 3 heterocycles. The number of rotatable bonds is 5. The van der Waals surface area contributed by atoms with Crippen molar-refractivity contribution in [1.82, 2.24) is 29.6 Å². The van der Waals surface area contributed by atoms with Crippen LogP contribution < -0.4 is 4.74 Å². The fourth-order valence-electron chi connectivity index (χ4n) is 2.73. The third kappa shape index (κ3) is 3.79. The Kier molecular flexibility index (Phi) is 4.62. The van der Waals surface area contributed by atoms with Gasteiger partial charge in [0.25, 0.3) is 0 Å². The normalized spacial score (nSPS) is 19.3. The van der Waals surface area contributed by atoms with Gasteiger partial charge >= 0.3 is 6.01 Å². The molecular weight excluding hydrogens is 280 g/mol. The molecule has 1 aliphatic rings. The standard InChI is InChI=1S/C15H22N6O/c1-12-6-16-15(17-7-12)22-10-13-4-3-5-21(8-13)9-14-19-18-11-20(14)2/h6-7,11,13H,3-5,8-10H2,1-2H3. The number of piperidine rings is 1. The van der Waals surface area contributed by atoms with Crippen LogP contribution in [0.5, 0.6) is 6.01 Å². The van der Waals surface area contributed by atoms with Crippen molar-refractivity contribution in [3.05, 3.63) is 30.1 Å². The Labute approximate surface area is 130 Å². The summed E-state index contributed by atoms with van der Waals surface area (Å²) in [6.45, 7) is 5.59. The summed E-state index contributed by atoms with van der Waals surface area (Å²) in [6, 6.07) is 0.469. The Hall–Kier alpha value is -2.02. The van der Waals surface area contributed by atoms with E-state index in [4.69, 9.17) is 4.74 Å². The molecule has 1 fully saturated rings. The van der Waals surface area contributed by atoms with Crippen molar-refractivity contribution in [1.29, 1.82) is 0 Å². The van der Waals surface area contributed by atoms with Crippen molar-refractivity contribution in [2.45, 2.75) is 26.3 Å². The zero-order chi connectivity index (χ0) is 15.4. The summed E-state index contributed by atoms with van der Waals surface area (Å²) in [6.07, 6.45) is 7.67. The van der Waals surface area contributed by atoms with Crippen molar-refractivity contribution in [3.8, 4) is 6.01 Å². The lowest BCUT2D eigenvalue weighted by atomic mass is 9.99. The molecule has 2 aromatic rings. The van der Waals surface area contributed by atoms with E-state index >= 15 is 0 Å². The molecule has 0 spiro atoms. The van der Waals surface area contributed by atoms with Gasteiger partial charge in [0.05, 0.1) is 13.2 Å². The van der Waals surface area contributed by atoms with E-state index in [1.807, 2.05) is 18.5 Å². The van der Waals surface area contributed by atoms with E-state index in [9.17, 15) is 0 Å². The van der Waals surface area contributed by atoms with E-state index in [1.54, 1.807) is 18.7 Å². The predicted octanol–water partition coefficient (Wildman–Crippen LogP) is 1.20. The molecule has 1 saturated heterocycles. The quantitative estimate of drug-likeness (QED) is 0.827. The topological polar surface area (TPSA) is 69.0 Å². The highest BCUT2D eigenvalue weighted by atomic mass is 16.5. The zero-order valence-corrected chi connectivity index (χ0v) is 13.1. The van der Waals surface area contributed by atoms with Crippen LogP contribution in [0.15, 0.2) is 18.7 Å². The van der Waals surface area contributed by atoms with Gasteiger partial charge in [-0.25, -0.2) is 9.97 Å². The average molecular weight is 302 g/mol. The maximum Gasteiger partial charge on any atom is 0.316 e. The minimum atomic E-state index is 0.469. The van der Waals surface area contributed by atoms with E-state index in [2.05, 4.69) is 25.1 Å². The van der Waals surface area contributed by atoms with Crippen LogP contribution in [0.4, 0.5) is 0 Å². The Balaban J connectivity index is 1.50. The largest absolute Gasteiger partial charge is 0.463 e. The zero-order valence-electron chi connectivity index (χ0n) is 13.1. The van der Waals surface area contributed by atoms with Crippen molar-refractivity contribution >= 4 is 0 Å². The van der Waals surface area contributed by atoms with Crippen LogP contribution in [0, 0.1) is 12.8 Å². The molecule has 1 atom stereocenters. The maximum absolute atomic E-state index is 5.73. The van der Waals surface area contributed by atoms with Gasteiger partial charge in [0.15, 0.2) is 0 Å². The van der Waals surface area contributed by atoms with Crippen molar-refractivity contribution in [2.75, 3.05) is 19.7 Å². The molecule has 0 amide bonds. The van der Waals surface area contributed by atoms with Crippen molar-refractivity contribution in [2.24, 2.45) is 13.0 Å². The summed E-state index contributed by atoms with van der Waals surface area (Å²) in [7, 11) is 1.98. The second-order valence-electron chi connectivity index (χ2n) is 5.96. The molecule has 0 radical (unpaired) electrons. The van der Waals surface area contributed by atoms with E-state index in [0.29, 0.717) is 18.5 Å². The molecule has 0 saturated carbocycles. The first-order chi connectivity index (χ1) is 10.7. The molecule has 3 rings (SSSR count). The van der Waals surface area contributed by atoms with Gasteiger partial charge in [-0.05, 0) is 31.9 Å². The smallest absolute Gasteiger partial charge is 0.316 e. The number of hydrogen-bond donors (Lipinski definition) is 0. The van der Waals surface area contributed by atoms with Gasteiger partial charge in [-0.2, -0.15) is 0 Å². The van der Waals surface area contributed by atoms with Gasteiger partial charge in [-0.3, -0.25) is 4.90 Å². The van der Waals surface area contributed by atoms with Gasteiger partial charge in [0.1, 0.15) is 12.2 Å². The molecule has 0 N–H and O–H groups in total. The van der Waals surface area contributed by atoms with Gasteiger partial charge in [-0.1, -0.05) is 0 Å². The van der Waals surface area contributed by atoms with Crippen LogP contribution in [-0.4, -0.2) is 49.3 Å². The number of aromatic nitrogens is 5. The predicted molar refractivity (Wildman–Crippen MR) is 81.3 cm³/mol. The van der Waals surface area contributed by atoms with E-state index in [0.717, 1.165) is 31.0 Å². The van der Waals surface area contributed by atoms with Crippen LogP contribution in [0.25, 0.3) is 0 Å². The maximum atomic E-state index is 5.73. The van der Waals surface area contributed by atoms with Gasteiger partial charge in [0, 0.05) is 31.9 Å².